The van der Waals surface area contributed by atoms with Crippen LogP contribution < -0.4 is 33.3 Å². The molecular weight excluding hydrogens is 809 g/mol. The Hall–Kier alpha value is -6.93. The maximum Gasteiger partial charge on any atom is 0.132 e. The van der Waals surface area contributed by atoms with E-state index in [2.05, 4.69) is 128 Å². The monoisotopic (exact) mass is 870 g/mol. The van der Waals surface area contributed by atoms with Crippen LogP contribution in [0.2, 0.25) is 0 Å². The number of nitrogens with zero attached hydrogens (tertiary/aromatic N) is 2. The highest BCUT2D eigenvalue weighted by Crippen LogP contribution is 2.41. The molecule has 0 N–H and O–H groups in total. The van der Waals surface area contributed by atoms with E-state index in [-0.39, 0.29) is 0 Å². The summed E-state index contributed by atoms with van der Waals surface area (Å²) in [5.41, 5.74) is 10.7. The number of rotatable bonds is 23. The maximum atomic E-state index is 6.18. The molecule has 336 valence electrons. The second kappa shape index (κ2) is 23.1. The maximum absolute atomic E-state index is 6.18. The summed E-state index contributed by atoms with van der Waals surface area (Å²) in [5.74, 6) is 4.67. The van der Waals surface area contributed by atoms with E-state index in [9.17, 15) is 0 Å². The molecule has 0 spiro atoms. The minimum Gasteiger partial charge on any atom is -0.494 e. The molecule has 0 saturated carbocycles. The van der Waals surface area contributed by atoms with Crippen LogP contribution in [0.5, 0.6) is 34.5 Å². The molecule has 8 heteroatoms. The Bertz CT molecular complexity index is 2420. The van der Waals surface area contributed by atoms with Crippen molar-refractivity contribution >= 4 is 17.1 Å². The van der Waals surface area contributed by atoms with Gasteiger partial charge in [-0.15, -0.1) is 0 Å². The van der Waals surface area contributed by atoms with Gasteiger partial charge in [0.15, 0.2) is 0 Å². The number of hydrogen-bond donors (Lipinski definition) is 0. The van der Waals surface area contributed by atoms with Gasteiger partial charge in [-0.1, -0.05) is 63.1 Å². The average Bonchev–Trinajstić information content (AvgIpc) is 3.33. The van der Waals surface area contributed by atoms with Gasteiger partial charge in [-0.3, -0.25) is 0 Å². The molecule has 7 rings (SSSR count). The molecule has 1 aromatic heterocycles. The molecule has 0 aliphatic heterocycles. The lowest BCUT2D eigenvalue weighted by Gasteiger charge is -2.26. The van der Waals surface area contributed by atoms with Crippen molar-refractivity contribution in [3.8, 4) is 79.3 Å². The summed E-state index contributed by atoms with van der Waals surface area (Å²) in [4.78, 5) is 7.51. The van der Waals surface area contributed by atoms with Gasteiger partial charge in [0, 0.05) is 40.3 Å². The lowest BCUT2D eigenvalue weighted by atomic mass is 9.97. The molecule has 0 amide bonds. The Labute approximate surface area is 385 Å². The van der Waals surface area contributed by atoms with Gasteiger partial charge in [-0.2, -0.15) is 0 Å². The molecule has 7 aromatic rings. The molecule has 65 heavy (non-hydrogen) atoms. The van der Waals surface area contributed by atoms with Crippen molar-refractivity contribution in [1.82, 2.24) is 4.98 Å². The first kappa shape index (κ1) is 46.1. The summed E-state index contributed by atoms with van der Waals surface area (Å²) in [6.07, 6.45) is 4.25. The number of ether oxygens (including phenoxy) is 6. The van der Waals surface area contributed by atoms with E-state index < -0.39 is 0 Å². The summed E-state index contributed by atoms with van der Waals surface area (Å²) >= 11 is 0. The molecule has 0 fully saturated rings. The summed E-state index contributed by atoms with van der Waals surface area (Å²) < 4.78 is 36.1. The van der Waals surface area contributed by atoms with E-state index in [1.165, 1.54) is 0 Å². The Balaban J connectivity index is 1.22. The first-order valence-corrected chi connectivity index (χ1v) is 23.2. The first-order valence-electron chi connectivity index (χ1n) is 23.2. The topological polar surface area (TPSA) is 71.5 Å². The molecule has 6 aromatic carbocycles. The normalized spacial score (nSPS) is 10.9. The van der Waals surface area contributed by atoms with Crippen LogP contribution in [0.4, 0.5) is 17.1 Å². The number of aromatic nitrogens is 1. The van der Waals surface area contributed by atoms with E-state index in [0.29, 0.717) is 51.1 Å². The Kier molecular flexibility index (Phi) is 16.4. The van der Waals surface area contributed by atoms with Crippen molar-refractivity contribution in [2.24, 2.45) is 0 Å². The molecular formula is C57H62N2O6. The Morgan fingerprint density at radius 2 is 0.708 bits per heavy atom. The quantitative estimate of drug-likeness (QED) is 0.0589. The van der Waals surface area contributed by atoms with E-state index in [0.717, 1.165) is 111 Å². The van der Waals surface area contributed by atoms with E-state index in [4.69, 9.17) is 33.4 Å². The number of benzene rings is 6. The van der Waals surface area contributed by atoms with Crippen molar-refractivity contribution < 1.29 is 28.4 Å². The molecule has 0 aliphatic rings. The zero-order valence-electron chi connectivity index (χ0n) is 38.8. The second-order valence-corrected chi connectivity index (χ2v) is 15.5. The highest BCUT2D eigenvalue weighted by molar-refractivity contribution is 5.83. The number of hydrogen-bond acceptors (Lipinski definition) is 8. The summed E-state index contributed by atoms with van der Waals surface area (Å²) in [6.45, 7) is 15.8. The summed E-state index contributed by atoms with van der Waals surface area (Å²) in [6, 6.07) is 50.3. The molecule has 0 saturated heterocycles. The fraction of sp³-hybridized carbons (Fsp3) is 0.281. The number of unbranched alkanes of at least 4 members (excludes halogenated alkanes) is 2. The lowest BCUT2D eigenvalue weighted by molar-refractivity contribution is 0.309. The van der Waals surface area contributed by atoms with Gasteiger partial charge >= 0.3 is 0 Å². The third-order valence-corrected chi connectivity index (χ3v) is 10.9. The molecule has 1 heterocycles. The largest absolute Gasteiger partial charge is 0.494 e. The Morgan fingerprint density at radius 1 is 0.354 bits per heavy atom. The van der Waals surface area contributed by atoms with Gasteiger partial charge in [0.2, 0.25) is 0 Å². The summed E-state index contributed by atoms with van der Waals surface area (Å²) in [5, 5.41) is 0. The van der Waals surface area contributed by atoms with Gasteiger partial charge < -0.3 is 33.3 Å². The number of pyridine rings is 1. The zero-order chi connectivity index (χ0) is 45.4. The first-order chi connectivity index (χ1) is 31.9. The van der Waals surface area contributed by atoms with Gasteiger partial charge in [0.05, 0.1) is 51.0 Å². The molecule has 8 nitrogen and oxygen atoms in total. The molecule has 0 atom stereocenters. The number of anilines is 3. The molecule has 0 unspecified atom stereocenters. The predicted octanol–water partition coefficient (Wildman–Crippen LogP) is 15.2. The average molecular weight is 871 g/mol. The van der Waals surface area contributed by atoms with Gasteiger partial charge in [0.25, 0.3) is 0 Å². The van der Waals surface area contributed by atoms with E-state index >= 15 is 0 Å². The smallest absolute Gasteiger partial charge is 0.132 e. The minimum absolute atomic E-state index is 0.506. The van der Waals surface area contributed by atoms with Crippen LogP contribution in [0, 0.1) is 0 Å². The Morgan fingerprint density at radius 3 is 1.09 bits per heavy atom. The fourth-order valence-corrected chi connectivity index (χ4v) is 7.62. The third kappa shape index (κ3) is 11.8. The second-order valence-electron chi connectivity index (χ2n) is 15.5. The SMILES string of the molecule is CCCCOc1ccc(N(c2ccc(OCCCC)cc2)c2ccc(-c3ccc(-c4cc(-c5ccc(OCC)cc5OCC)nc(-c5ccc(OCC)cc5OCC)c4)cc3)cc2)cc1. The standard InChI is InChI=1S/C57H62N2O6/c1-7-13-35-64-48-27-23-46(24-28-48)59(47-25-29-49(30-26-47)65-36-14-8-2)45-21-19-42(20-22-45)41-15-17-43(18-16-41)44-37-54(52-33-31-50(60-9-3)39-56(52)62-11-5)58-55(38-44)53-34-32-51(61-10-4)40-57(53)63-12-6/h15-34,37-40H,7-14,35-36H2,1-6H3. The lowest BCUT2D eigenvalue weighted by Crippen LogP contribution is -2.10. The van der Waals surface area contributed by atoms with Crippen LogP contribution in [-0.2, 0) is 0 Å². The highest BCUT2D eigenvalue weighted by atomic mass is 16.5. The molecule has 0 aliphatic carbocycles. The van der Waals surface area contributed by atoms with Crippen LogP contribution in [-0.4, -0.2) is 44.6 Å². The van der Waals surface area contributed by atoms with Crippen molar-refractivity contribution in [3.63, 3.8) is 0 Å². The fourth-order valence-electron chi connectivity index (χ4n) is 7.62. The van der Waals surface area contributed by atoms with Crippen LogP contribution in [0.1, 0.15) is 67.2 Å². The zero-order valence-corrected chi connectivity index (χ0v) is 38.8. The van der Waals surface area contributed by atoms with Crippen molar-refractivity contribution in [1.29, 1.82) is 0 Å². The van der Waals surface area contributed by atoms with Crippen LogP contribution in [0.15, 0.2) is 146 Å². The molecule has 0 radical (unpaired) electrons. The van der Waals surface area contributed by atoms with Gasteiger partial charge in [-0.05, 0) is 160 Å². The third-order valence-electron chi connectivity index (χ3n) is 10.9. The van der Waals surface area contributed by atoms with Gasteiger partial charge in [-0.25, -0.2) is 4.98 Å². The van der Waals surface area contributed by atoms with E-state index in [1.807, 2.05) is 64.1 Å². The highest BCUT2D eigenvalue weighted by Gasteiger charge is 2.18. The van der Waals surface area contributed by atoms with Crippen molar-refractivity contribution in [3.05, 3.63) is 146 Å². The van der Waals surface area contributed by atoms with Crippen LogP contribution in [0.25, 0.3) is 44.8 Å². The molecule has 0 bridgehead atoms. The van der Waals surface area contributed by atoms with Crippen molar-refractivity contribution in [2.75, 3.05) is 44.5 Å². The minimum atomic E-state index is 0.506. The van der Waals surface area contributed by atoms with Crippen molar-refractivity contribution in [2.45, 2.75) is 67.2 Å². The predicted molar refractivity (Wildman–Crippen MR) is 266 cm³/mol. The van der Waals surface area contributed by atoms with Crippen LogP contribution in [0.3, 0.4) is 0 Å². The van der Waals surface area contributed by atoms with E-state index in [1.54, 1.807) is 0 Å². The van der Waals surface area contributed by atoms with Gasteiger partial charge in [0.1, 0.15) is 34.5 Å². The van der Waals surface area contributed by atoms with Crippen LogP contribution >= 0.6 is 0 Å². The summed E-state index contributed by atoms with van der Waals surface area (Å²) in [7, 11) is 0.